The van der Waals surface area contributed by atoms with Gasteiger partial charge in [0.1, 0.15) is 0 Å². The fraction of sp³-hybridized carbons (Fsp3) is 0.429. The number of aryl methyl sites for hydroxylation is 1. The number of hydrogen-bond acceptors (Lipinski definition) is 4. The molecule has 1 aliphatic rings. The first-order chi connectivity index (χ1) is 12.4. The lowest BCUT2D eigenvalue weighted by Gasteiger charge is -2.12. The molecule has 3 rings (SSSR count). The topological polar surface area (TPSA) is 51.5 Å². The largest absolute Gasteiger partial charge is 0.465 e. The van der Waals surface area contributed by atoms with Crippen LogP contribution in [-0.2, 0) is 11.8 Å². The molecule has 1 aromatic carbocycles. The zero-order chi connectivity index (χ0) is 18.8. The van der Waals surface area contributed by atoms with Crippen LogP contribution in [0.2, 0.25) is 0 Å². The Bertz CT molecular complexity index is 871. The van der Waals surface area contributed by atoms with Gasteiger partial charge < -0.3 is 14.2 Å². The second-order valence-electron chi connectivity index (χ2n) is 7.17. The smallest absolute Gasteiger partial charge is 0.337 e. The highest BCUT2D eigenvalue weighted by molar-refractivity contribution is 6.09. The van der Waals surface area contributed by atoms with Gasteiger partial charge in [-0.2, -0.15) is 0 Å². The van der Waals surface area contributed by atoms with Crippen LogP contribution in [0.3, 0.4) is 0 Å². The zero-order valence-corrected chi connectivity index (χ0v) is 15.9. The predicted molar refractivity (Wildman–Crippen MR) is 103 cm³/mol. The summed E-state index contributed by atoms with van der Waals surface area (Å²) in [7, 11) is 7.07. The number of rotatable bonds is 5. The Balaban J connectivity index is 2.20. The van der Waals surface area contributed by atoms with Crippen LogP contribution in [0.4, 0.5) is 0 Å². The Labute approximate surface area is 154 Å². The van der Waals surface area contributed by atoms with Crippen molar-refractivity contribution in [2.45, 2.75) is 31.6 Å². The van der Waals surface area contributed by atoms with E-state index in [0.29, 0.717) is 11.5 Å². The quantitative estimate of drug-likeness (QED) is 0.464. The number of hydrogen-bond donors (Lipinski definition) is 0. The van der Waals surface area contributed by atoms with E-state index in [-0.39, 0.29) is 11.8 Å². The van der Waals surface area contributed by atoms with Crippen LogP contribution in [0.25, 0.3) is 10.9 Å². The van der Waals surface area contributed by atoms with Crippen molar-refractivity contribution in [1.82, 2.24) is 9.47 Å². The zero-order valence-electron chi connectivity index (χ0n) is 15.9. The second kappa shape index (κ2) is 7.36. The molecule has 1 heterocycles. The molecule has 1 aromatic heterocycles. The minimum absolute atomic E-state index is 0.00100. The summed E-state index contributed by atoms with van der Waals surface area (Å²) >= 11 is 0. The van der Waals surface area contributed by atoms with Crippen molar-refractivity contribution in [2.75, 3.05) is 21.2 Å². The van der Waals surface area contributed by atoms with Crippen molar-refractivity contribution in [1.29, 1.82) is 0 Å². The molecule has 1 saturated carbocycles. The molecule has 0 amide bonds. The number of esters is 1. The van der Waals surface area contributed by atoms with E-state index in [1.54, 1.807) is 18.3 Å². The molecule has 0 unspecified atom stereocenters. The van der Waals surface area contributed by atoms with Gasteiger partial charge in [-0.05, 0) is 36.5 Å². The summed E-state index contributed by atoms with van der Waals surface area (Å²) in [6.07, 6.45) is 8.00. The molecule has 0 aliphatic heterocycles. The van der Waals surface area contributed by atoms with Crippen LogP contribution >= 0.6 is 0 Å². The summed E-state index contributed by atoms with van der Waals surface area (Å²) in [4.78, 5) is 26.7. The fourth-order valence-corrected chi connectivity index (χ4v) is 3.93. The molecule has 0 bridgehead atoms. The van der Waals surface area contributed by atoms with E-state index in [1.807, 2.05) is 42.7 Å². The normalized spacial score (nSPS) is 15.1. The van der Waals surface area contributed by atoms with Gasteiger partial charge in [0.15, 0.2) is 0 Å². The molecule has 2 aromatic rings. The van der Waals surface area contributed by atoms with Gasteiger partial charge in [0, 0.05) is 44.3 Å². The maximum absolute atomic E-state index is 13.0. The number of fused-ring (bicyclic) bond motifs is 1. The summed E-state index contributed by atoms with van der Waals surface area (Å²) < 4.78 is 6.77. The highest BCUT2D eigenvalue weighted by Gasteiger charge is 2.28. The van der Waals surface area contributed by atoms with Gasteiger partial charge in [0.25, 0.3) is 0 Å². The number of methoxy groups -OCH3 is 1. The van der Waals surface area contributed by atoms with E-state index in [0.717, 1.165) is 35.0 Å². The highest BCUT2D eigenvalue weighted by Crippen LogP contribution is 2.41. The predicted octanol–water partition coefficient (Wildman–Crippen LogP) is 3.88. The molecule has 0 N–H and O–H groups in total. The Kier molecular flexibility index (Phi) is 5.16. The third-order valence-corrected chi connectivity index (χ3v) is 5.18. The van der Waals surface area contributed by atoms with Crippen LogP contribution in [-0.4, -0.2) is 42.4 Å². The van der Waals surface area contributed by atoms with Crippen molar-refractivity contribution in [3.63, 3.8) is 0 Å². The molecule has 0 radical (unpaired) electrons. The molecule has 0 atom stereocenters. The van der Waals surface area contributed by atoms with Crippen molar-refractivity contribution in [2.24, 2.45) is 7.05 Å². The third-order valence-electron chi connectivity index (χ3n) is 5.18. The van der Waals surface area contributed by atoms with Crippen molar-refractivity contribution in [3.8, 4) is 0 Å². The Hall–Kier alpha value is -2.56. The lowest BCUT2D eigenvalue weighted by atomic mass is 9.93. The maximum atomic E-state index is 13.0. The number of benzene rings is 1. The first kappa shape index (κ1) is 18.2. The number of ketones is 1. The minimum Gasteiger partial charge on any atom is -0.465 e. The molecule has 0 spiro atoms. The van der Waals surface area contributed by atoms with Crippen LogP contribution < -0.4 is 0 Å². The summed E-state index contributed by atoms with van der Waals surface area (Å²) in [6, 6.07) is 5.57. The number of carbonyl (C=O) groups excluding carboxylic acids is 2. The first-order valence-electron chi connectivity index (χ1n) is 9.03. The number of carbonyl (C=O) groups is 2. The lowest BCUT2D eigenvalue weighted by molar-refractivity contribution is 0.0601. The molecule has 138 valence electrons. The van der Waals surface area contributed by atoms with Gasteiger partial charge in [0.05, 0.1) is 18.4 Å². The standard InChI is InChI=1S/C21H26N2O3/c1-22(2)12-11-18(24)20-19(14-7-5-6-8-14)16-10-9-15(21(25)26-4)13-17(16)23(20)3/h9-14H,5-8H2,1-4H3/b12-11+. The number of nitrogens with zero attached hydrogens (tertiary/aromatic N) is 2. The highest BCUT2D eigenvalue weighted by atomic mass is 16.5. The molecular formula is C21H26N2O3. The van der Waals surface area contributed by atoms with Gasteiger partial charge in [-0.25, -0.2) is 4.79 Å². The first-order valence-corrected chi connectivity index (χ1v) is 9.03. The fourth-order valence-electron chi connectivity index (χ4n) is 3.93. The van der Waals surface area contributed by atoms with Gasteiger partial charge in [-0.3, -0.25) is 4.79 Å². The average Bonchev–Trinajstić information content (AvgIpc) is 3.25. The Morgan fingerprint density at radius 3 is 2.54 bits per heavy atom. The van der Waals surface area contributed by atoms with Crippen molar-refractivity contribution in [3.05, 3.63) is 47.3 Å². The average molecular weight is 354 g/mol. The van der Waals surface area contributed by atoms with Gasteiger partial charge in [-0.1, -0.05) is 18.9 Å². The minimum atomic E-state index is -0.365. The van der Waals surface area contributed by atoms with Crippen LogP contribution in [0.5, 0.6) is 0 Å². The third kappa shape index (κ3) is 3.26. The number of ether oxygens (including phenoxy) is 1. The summed E-state index contributed by atoms with van der Waals surface area (Å²) in [5.41, 5.74) is 3.26. The molecule has 5 heteroatoms. The second-order valence-corrected chi connectivity index (χ2v) is 7.17. The van der Waals surface area contributed by atoms with Gasteiger partial charge in [-0.15, -0.1) is 0 Å². The van der Waals surface area contributed by atoms with E-state index >= 15 is 0 Å². The van der Waals surface area contributed by atoms with Gasteiger partial charge in [0.2, 0.25) is 5.78 Å². The molecule has 1 fully saturated rings. The SMILES string of the molecule is COC(=O)c1ccc2c(C3CCCC3)c(C(=O)/C=C/N(C)C)n(C)c2c1. The van der Waals surface area contributed by atoms with E-state index < -0.39 is 0 Å². The van der Waals surface area contributed by atoms with E-state index in [2.05, 4.69) is 0 Å². The van der Waals surface area contributed by atoms with Crippen molar-refractivity contribution < 1.29 is 14.3 Å². The lowest BCUT2D eigenvalue weighted by Crippen LogP contribution is -2.10. The summed E-state index contributed by atoms with van der Waals surface area (Å²) in [6.45, 7) is 0. The molecule has 26 heavy (non-hydrogen) atoms. The number of aromatic nitrogens is 1. The van der Waals surface area contributed by atoms with Crippen LogP contribution in [0.15, 0.2) is 30.5 Å². The monoisotopic (exact) mass is 354 g/mol. The van der Waals surface area contributed by atoms with E-state index in [9.17, 15) is 9.59 Å². The Morgan fingerprint density at radius 2 is 1.92 bits per heavy atom. The molecule has 0 saturated heterocycles. The van der Waals surface area contributed by atoms with Crippen LogP contribution in [0, 0.1) is 0 Å². The number of allylic oxidation sites excluding steroid dienone is 1. The summed E-state index contributed by atoms with van der Waals surface area (Å²) in [5, 5.41) is 1.06. The molecule has 5 nitrogen and oxygen atoms in total. The van der Waals surface area contributed by atoms with Gasteiger partial charge >= 0.3 is 5.97 Å². The molecular weight excluding hydrogens is 328 g/mol. The Morgan fingerprint density at radius 1 is 1.23 bits per heavy atom. The maximum Gasteiger partial charge on any atom is 0.337 e. The van der Waals surface area contributed by atoms with Crippen molar-refractivity contribution >= 4 is 22.7 Å². The summed E-state index contributed by atoms with van der Waals surface area (Å²) in [5.74, 6) is 0.0317. The van der Waals surface area contributed by atoms with E-state index in [4.69, 9.17) is 4.74 Å². The molecule has 1 aliphatic carbocycles. The van der Waals surface area contributed by atoms with Crippen LogP contribution in [0.1, 0.15) is 58.0 Å². The van der Waals surface area contributed by atoms with E-state index in [1.165, 1.54) is 20.0 Å².